The first-order valence-electron chi connectivity index (χ1n) is 10.2. The van der Waals surface area contributed by atoms with Crippen LogP contribution in [0, 0.1) is 5.82 Å². The van der Waals surface area contributed by atoms with Crippen LogP contribution in [0.15, 0.2) is 52.5 Å². The highest BCUT2D eigenvalue weighted by Crippen LogP contribution is 2.31. The third-order valence-electron chi connectivity index (χ3n) is 5.21. The number of rotatable bonds is 6. The number of ether oxygens (including phenoxy) is 1. The van der Waals surface area contributed by atoms with Crippen molar-refractivity contribution >= 4 is 55.1 Å². The molecule has 0 saturated carbocycles. The number of halogens is 1. The first kappa shape index (κ1) is 21.0. The van der Waals surface area contributed by atoms with Crippen molar-refractivity contribution in [1.29, 1.82) is 0 Å². The van der Waals surface area contributed by atoms with E-state index in [0.717, 1.165) is 34.8 Å². The fraction of sp³-hybridized carbons (Fsp3) is 0.273. The summed E-state index contributed by atoms with van der Waals surface area (Å²) in [6.45, 7) is 1.05. The van der Waals surface area contributed by atoms with E-state index in [9.17, 15) is 14.0 Å². The Morgan fingerprint density at radius 3 is 3.00 bits per heavy atom. The van der Waals surface area contributed by atoms with Gasteiger partial charge >= 0.3 is 0 Å². The van der Waals surface area contributed by atoms with Crippen molar-refractivity contribution in [2.24, 2.45) is 0 Å². The van der Waals surface area contributed by atoms with Crippen LogP contribution in [0.1, 0.15) is 12.8 Å². The SMILES string of the molecule is O=C(CSc1nc2c(sc3ncccc32)c(=O)n1CC1CCCO1)Nc1ccccc1F. The Labute approximate surface area is 190 Å². The molecule has 1 fully saturated rings. The van der Waals surface area contributed by atoms with Crippen molar-refractivity contribution in [1.82, 2.24) is 14.5 Å². The molecule has 32 heavy (non-hydrogen) atoms. The zero-order valence-electron chi connectivity index (χ0n) is 16.9. The number of thiophene rings is 1. The zero-order chi connectivity index (χ0) is 22.1. The molecule has 10 heteroatoms. The summed E-state index contributed by atoms with van der Waals surface area (Å²) >= 11 is 2.47. The molecule has 1 N–H and O–H groups in total. The van der Waals surface area contributed by atoms with Gasteiger partial charge in [0.2, 0.25) is 5.91 Å². The Balaban J connectivity index is 1.48. The van der Waals surface area contributed by atoms with E-state index in [4.69, 9.17) is 9.72 Å². The maximum Gasteiger partial charge on any atom is 0.272 e. The largest absolute Gasteiger partial charge is 0.376 e. The Hall–Kier alpha value is -2.82. The summed E-state index contributed by atoms with van der Waals surface area (Å²) in [6.07, 6.45) is 3.45. The number of carbonyl (C=O) groups excluding carboxylic acids is 1. The number of hydrogen-bond acceptors (Lipinski definition) is 7. The van der Waals surface area contributed by atoms with Crippen LogP contribution in [0.3, 0.4) is 0 Å². The smallest absolute Gasteiger partial charge is 0.272 e. The number of carbonyl (C=O) groups is 1. The third kappa shape index (κ3) is 4.13. The van der Waals surface area contributed by atoms with Gasteiger partial charge in [-0.25, -0.2) is 14.4 Å². The molecular formula is C22H19FN4O3S2. The monoisotopic (exact) mass is 470 g/mol. The highest BCUT2D eigenvalue weighted by atomic mass is 32.2. The highest BCUT2D eigenvalue weighted by Gasteiger charge is 2.22. The molecule has 7 nitrogen and oxygen atoms in total. The molecule has 1 saturated heterocycles. The second kappa shape index (κ2) is 8.97. The number of para-hydroxylation sites is 1. The van der Waals surface area contributed by atoms with Crippen molar-refractivity contribution in [3.05, 3.63) is 58.8 Å². The van der Waals surface area contributed by atoms with Gasteiger partial charge in [-0.3, -0.25) is 14.2 Å². The van der Waals surface area contributed by atoms with Crippen LogP contribution in [-0.2, 0) is 16.1 Å². The number of aromatic nitrogens is 3. The van der Waals surface area contributed by atoms with Gasteiger partial charge in [-0.1, -0.05) is 23.9 Å². The first-order chi connectivity index (χ1) is 15.6. The Kier molecular flexibility index (Phi) is 5.90. The number of amides is 1. The molecular weight excluding hydrogens is 451 g/mol. The number of hydrogen-bond donors (Lipinski definition) is 1. The van der Waals surface area contributed by atoms with Crippen molar-refractivity contribution in [3.63, 3.8) is 0 Å². The first-order valence-corrected chi connectivity index (χ1v) is 12.0. The minimum absolute atomic E-state index is 0.0157. The standard InChI is InChI=1S/C22H19FN4O3S2/c23-15-7-1-2-8-16(15)25-17(28)12-31-22-26-18-14-6-3-9-24-20(14)32-19(18)21(29)27(22)11-13-5-4-10-30-13/h1-3,6-9,13H,4-5,10-12H2,(H,25,28). The number of benzene rings is 1. The third-order valence-corrected chi connectivity index (χ3v) is 7.28. The molecule has 0 spiro atoms. The van der Waals surface area contributed by atoms with Gasteiger partial charge in [0.15, 0.2) is 5.16 Å². The Morgan fingerprint density at radius 1 is 1.31 bits per heavy atom. The Bertz CT molecular complexity index is 1360. The van der Waals surface area contributed by atoms with E-state index < -0.39 is 5.82 Å². The van der Waals surface area contributed by atoms with Gasteiger partial charge in [-0.2, -0.15) is 0 Å². The van der Waals surface area contributed by atoms with Crippen molar-refractivity contribution in [2.45, 2.75) is 30.6 Å². The van der Waals surface area contributed by atoms with Gasteiger partial charge < -0.3 is 10.1 Å². The van der Waals surface area contributed by atoms with Gasteiger partial charge in [-0.05, 0) is 37.1 Å². The molecule has 0 radical (unpaired) electrons. The van der Waals surface area contributed by atoms with Crippen LogP contribution >= 0.6 is 23.1 Å². The lowest BCUT2D eigenvalue weighted by Gasteiger charge is -2.15. The lowest BCUT2D eigenvalue weighted by atomic mass is 10.2. The molecule has 1 aliphatic rings. The van der Waals surface area contributed by atoms with E-state index in [1.807, 2.05) is 12.1 Å². The molecule has 0 bridgehead atoms. The molecule has 1 amide bonds. The summed E-state index contributed by atoms with van der Waals surface area (Å²) in [7, 11) is 0. The van der Waals surface area contributed by atoms with Crippen molar-refractivity contribution < 1.29 is 13.9 Å². The summed E-state index contributed by atoms with van der Waals surface area (Å²) in [4.78, 5) is 35.7. The van der Waals surface area contributed by atoms with Crippen molar-refractivity contribution in [2.75, 3.05) is 17.7 Å². The van der Waals surface area contributed by atoms with Gasteiger partial charge in [-0.15, -0.1) is 11.3 Å². The summed E-state index contributed by atoms with van der Waals surface area (Å²) in [5.41, 5.74) is 0.544. The number of fused-ring (bicyclic) bond motifs is 3. The minimum Gasteiger partial charge on any atom is -0.376 e. The van der Waals surface area contributed by atoms with E-state index in [2.05, 4.69) is 10.3 Å². The molecule has 5 rings (SSSR count). The van der Waals surface area contributed by atoms with Gasteiger partial charge in [0, 0.05) is 18.2 Å². The summed E-state index contributed by atoms with van der Waals surface area (Å²) in [6, 6.07) is 9.69. The fourth-order valence-corrected chi connectivity index (χ4v) is 5.52. The van der Waals surface area contributed by atoms with Gasteiger partial charge in [0.05, 0.1) is 29.6 Å². The molecule has 1 unspecified atom stereocenters. The van der Waals surface area contributed by atoms with Crippen LogP contribution in [0.5, 0.6) is 0 Å². The van der Waals surface area contributed by atoms with E-state index in [-0.39, 0.29) is 29.0 Å². The number of anilines is 1. The number of nitrogens with one attached hydrogen (secondary N) is 1. The average molecular weight is 471 g/mol. The van der Waals surface area contributed by atoms with Crippen LogP contribution in [-0.4, -0.2) is 38.9 Å². The number of pyridine rings is 1. The second-order valence-corrected chi connectivity index (χ2v) is 9.34. The molecule has 0 aliphatic carbocycles. The average Bonchev–Trinajstić information content (AvgIpc) is 3.44. The topological polar surface area (TPSA) is 86.1 Å². The van der Waals surface area contributed by atoms with E-state index in [1.54, 1.807) is 22.9 Å². The summed E-state index contributed by atoms with van der Waals surface area (Å²) in [5.74, 6) is -0.897. The molecule has 1 aliphatic heterocycles. The molecule has 1 atom stereocenters. The lowest BCUT2D eigenvalue weighted by molar-refractivity contribution is -0.113. The van der Waals surface area contributed by atoms with E-state index in [0.29, 0.717) is 28.5 Å². The highest BCUT2D eigenvalue weighted by molar-refractivity contribution is 7.99. The predicted octanol–water partition coefficient (Wildman–Crippen LogP) is 4.06. The molecule has 1 aromatic carbocycles. The maximum atomic E-state index is 13.8. The van der Waals surface area contributed by atoms with Crippen LogP contribution < -0.4 is 10.9 Å². The van der Waals surface area contributed by atoms with Crippen molar-refractivity contribution in [3.8, 4) is 0 Å². The molecule has 164 valence electrons. The second-order valence-electron chi connectivity index (χ2n) is 7.40. The maximum absolute atomic E-state index is 13.8. The molecule has 3 aromatic heterocycles. The molecule has 4 heterocycles. The summed E-state index contributed by atoms with van der Waals surface area (Å²) < 4.78 is 21.7. The van der Waals surface area contributed by atoms with Crippen LogP contribution in [0.4, 0.5) is 10.1 Å². The quantitative estimate of drug-likeness (QED) is 0.338. The predicted molar refractivity (Wildman–Crippen MR) is 124 cm³/mol. The van der Waals surface area contributed by atoms with E-state index in [1.165, 1.54) is 23.5 Å². The number of nitrogens with zero attached hydrogens (tertiary/aromatic N) is 3. The van der Waals surface area contributed by atoms with Crippen LogP contribution in [0.25, 0.3) is 20.4 Å². The zero-order valence-corrected chi connectivity index (χ0v) is 18.5. The lowest BCUT2D eigenvalue weighted by Crippen LogP contribution is -2.28. The van der Waals surface area contributed by atoms with Gasteiger partial charge in [0.1, 0.15) is 15.3 Å². The van der Waals surface area contributed by atoms with Crippen LogP contribution in [0.2, 0.25) is 0 Å². The van der Waals surface area contributed by atoms with Gasteiger partial charge in [0.25, 0.3) is 5.56 Å². The number of thioether (sulfide) groups is 1. The normalized spacial score (nSPS) is 16.1. The minimum atomic E-state index is -0.502. The summed E-state index contributed by atoms with van der Waals surface area (Å²) in [5, 5.41) is 3.81. The Morgan fingerprint density at radius 2 is 2.19 bits per heavy atom. The molecule has 4 aromatic rings. The fourth-order valence-electron chi connectivity index (χ4n) is 3.68. The van der Waals surface area contributed by atoms with E-state index >= 15 is 0 Å².